The van der Waals surface area contributed by atoms with Gasteiger partial charge in [-0.25, -0.2) is 10.3 Å². The normalized spacial score (nSPS) is 12.3. The number of anilines is 1. The zero-order valence-corrected chi connectivity index (χ0v) is 21.4. The number of hydroxylamine groups is 1. The van der Waals surface area contributed by atoms with Crippen molar-refractivity contribution >= 4 is 29.4 Å². The van der Waals surface area contributed by atoms with E-state index in [1.54, 1.807) is 48.5 Å². The van der Waals surface area contributed by atoms with Crippen LogP contribution in [0.15, 0.2) is 72.8 Å². The monoisotopic (exact) mass is 560 g/mol. The second-order valence-corrected chi connectivity index (χ2v) is 8.87. The molecule has 0 bridgehead atoms. The summed E-state index contributed by atoms with van der Waals surface area (Å²) in [5.41, 5.74) is 10.4. The highest BCUT2D eigenvalue weighted by molar-refractivity contribution is 5.97. The number of hydrogen-bond acceptors (Lipinski definition) is 7. The van der Waals surface area contributed by atoms with Crippen LogP contribution >= 0.6 is 0 Å². The summed E-state index contributed by atoms with van der Waals surface area (Å²) in [7, 11) is 0. The molecular formula is C30H32N4O7. The van der Waals surface area contributed by atoms with Gasteiger partial charge in [-0.2, -0.15) is 0 Å². The van der Waals surface area contributed by atoms with Crippen molar-refractivity contribution in [2.75, 3.05) is 5.32 Å². The third-order valence-corrected chi connectivity index (χ3v) is 5.81. The maximum Gasteiger partial charge on any atom is 0.335 e. The van der Waals surface area contributed by atoms with Gasteiger partial charge in [-0.1, -0.05) is 31.4 Å². The number of benzene rings is 3. The standard InChI is InChI=1S/C29H28N4O7.CH4/c1-17(34)25(28(37)33-40)32-26(35)21-10-4-18(5-11-21)2-3-19-8-14-23(15-9-19)31-27(36)24(30)16-20-6-12-22(13-7-20)29(38)39;/h4-15,17,24-25,34,40H,16,30H2,1H3,(H,31,36)(H,32,35)(H,33,37)(H,38,39);1H4/t17-,24+,25+;/m1./s1. The fourth-order valence-electron chi connectivity index (χ4n) is 3.55. The quantitative estimate of drug-likeness (QED) is 0.117. The molecule has 0 aliphatic carbocycles. The number of nitrogens with two attached hydrogens (primary N) is 1. The van der Waals surface area contributed by atoms with Gasteiger partial charge in [-0.15, -0.1) is 0 Å². The highest BCUT2D eigenvalue weighted by Crippen LogP contribution is 2.12. The number of amides is 3. The van der Waals surface area contributed by atoms with Gasteiger partial charge < -0.3 is 26.6 Å². The molecule has 3 aromatic carbocycles. The van der Waals surface area contributed by atoms with E-state index in [9.17, 15) is 24.3 Å². The van der Waals surface area contributed by atoms with Crippen LogP contribution in [0.25, 0.3) is 0 Å². The number of carbonyl (C=O) groups excluding carboxylic acids is 3. The van der Waals surface area contributed by atoms with Crippen LogP contribution in [-0.2, 0) is 16.0 Å². The lowest BCUT2D eigenvalue weighted by atomic mass is 10.0. The van der Waals surface area contributed by atoms with E-state index in [1.165, 1.54) is 36.7 Å². The average molecular weight is 561 g/mol. The zero-order valence-electron chi connectivity index (χ0n) is 21.4. The smallest absolute Gasteiger partial charge is 0.335 e. The van der Waals surface area contributed by atoms with Crippen LogP contribution in [0, 0.1) is 11.8 Å². The minimum Gasteiger partial charge on any atom is -0.478 e. The van der Waals surface area contributed by atoms with E-state index < -0.39 is 36.0 Å². The third kappa shape index (κ3) is 9.29. The van der Waals surface area contributed by atoms with Gasteiger partial charge >= 0.3 is 5.97 Å². The SMILES string of the molecule is C.C[C@@H](O)[C@H](NC(=O)c1ccc(C#Cc2ccc(NC(=O)[C@@H](N)Cc3ccc(C(=O)O)cc3)cc2)cc1)C(=O)NO. The average Bonchev–Trinajstić information content (AvgIpc) is 2.95. The summed E-state index contributed by atoms with van der Waals surface area (Å²) in [4.78, 5) is 47.4. The topological polar surface area (TPSA) is 191 Å². The van der Waals surface area contributed by atoms with Crippen molar-refractivity contribution in [2.45, 2.75) is 39.0 Å². The van der Waals surface area contributed by atoms with Crippen molar-refractivity contribution in [2.24, 2.45) is 5.73 Å². The van der Waals surface area contributed by atoms with E-state index >= 15 is 0 Å². The van der Waals surface area contributed by atoms with Crippen molar-refractivity contribution in [3.05, 3.63) is 101 Å². The molecule has 214 valence electrons. The van der Waals surface area contributed by atoms with Crippen molar-refractivity contribution < 1.29 is 34.6 Å². The number of aliphatic hydroxyl groups excluding tert-OH is 1. The van der Waals surface area contributed by atoms with Crippen LogP contribution in [0.4, 0.5) is 5.69 Å². The molecule has 0 aliphatic rings. The van der Waals surface area contributed by atoms with Gasteiger partial charge in [-0.3, -0.25) is 19.6 Å². The molecule has 3 rings (SSSR count). The lowest BCUT2D eigenvalue weighted by Crippen LogP contribution is -2.51. The lowest BCUT2D eigenvalue weighted by Gasteiger charge is -2.19. The van der Waals surface area contributed by atoms with Gasteiger partial charge in [0, 0.05) is 22.4 Å². The first kappa shape index (κ1) is 32.2. The molecule has 0 aliphatic heterocycles. The highest BCUT2D eigenvalue weighted by Gasteiger charge is 2.25. The van der Waals surface area contributed by atoms with Gasteiger partial charge in [0.2, 0.25) is 5.91 Å². The second kappa shape index (κ2) is 14.9. The summed E-state index contributed by atoms with van der Waals surface area (Å²) < 4.78 is 0. The van der Waals surface area contributed by atoms with Gasteiger partial charge in [0.1, 0.15) is 6.04 Å². The zero-order chi connectivity index (χ0) is 29.2. The molecule has 0 saturated heterocycles. The van der Waals surface area contributed by atoms with E-state index in [-0.39, 0.29) is 30.9 Å². The van der Waals surface area contributed by atoms with Gasteiger partial charge in [-0.05, 0) is 79.6 Å². The first-order valence-corrected chi connectivity index (χ1v) is 12.1. The molecule has 3 amide bonds. The molecule has 11 heteroatoms. The summed E-state index contributed by atoms with van der Waals surface area (Å²) in [6.07, 6.45) is -0.975. The number of aliphatic hydroxyl groups is 1. The van der Waals surface area contributed by atoms with Crippen LogP contribution in [0.2, 0.25) is 0 Å². The van der Waals surface area contributed by atoms with Crippen LogP contribution in [0.5, 0.6) is 0 Å². The molecule has 0 radical (unpaired) electrons. The Bertz CT molecular complexity index is 1420. The molecule has 0 fully saturated rings. The number of nitrogens with one attached hydrogen (secondary N) is 3. The van der Waals surface area contributed by atoms with Crippen molar-refractivity contribution in [1.82, 2.24) is 10.8 Å². The second-order valence-electron chi connectivity index (χ2n) is 8.87. The van der Waals surface area contributed by atoms with Crippen molar-refractivity contribution in [1.29, 1.82) is 0 Å². The van der Waals surface area contributed by atoms with Gasteiger partial charge in [0.15, 0.2) is 0 Å². The molecule has 0 aromatic heterocycles. The summed E-state index contributed by atoms with van der Waals surface area (Å²) in [5.74, 6) is 2.99. The Kier molecular flexibility index (Phi) is 11.7. The maximum absolute atomic E-state index is 12.5. The number of carbonyl (C=O) groups is 4. The highest BCUT2D eigenvalue weighted by atomic mass is 16.5. The fourth-order valence-corrected chi connectivity index (χ4v) is 3.55. The number of rotatable bonds is 9. The predicted octanol–water partition coefficient (Wildman–Crippen LogP) is 1.91. The minimum atomic E-state index is -1.32. The Morgan fingerprint density at radius 3 is 1.83 bits per heavy atom. The summed E-state index contributed by atoms with van der Waals surface area (Å²) in [5, 5.41) is 32.5. The van der Waals surface area contributed by atoms with E-state index in [0.29, 0.717) is 16.8 Å². The number of carboxylic acids is 1. The number of aromatic carboxylic acids is 1. The van der Waals surface area contributed by atoms with Crippen LogP contribution in [0.1, 0.15) is 51.8 Å². The third-order valence-electron chi connectivity index (χ3n) is 5.81. The first-order valence-electron chi connectivity index (χ1n) is 12.1. The van der Waals surface area contributed by atoms with Gasteiger partial charge in [0.05, 0.1) is 17.7 Å². The Hall–Kier alpha value is -5.02. The predicted molar refractivity (Wildman–Crippen MR) is 152 cm³/mol. The molecule has 0 saturated carbocycles. The van der Waals surface area contributed by atoms with E-state index in [2.05, 4.69) is 22.5 Å². The largest absolute Gasteiger partial charge is 0.478 e. The Morgan fingerprint density at radius 1 is 0.829 bits per heavy atom. The summed E-state index contributed by atoms with van der Waals surface area (Å²) in [6, 6.07) is 17.1. The van der Waals surface area contributed by atoms with E-state index in [1.807, 2.05) is 0 Å². The van der Waals surface area contributed by atoms with Crippen LogP contribution in [0.3, 0.4) is 0 Å². The van der Waals surface area contributed by atoms with Crippen LogP contribution in [-0.4, -0.2) is 57.3 Å². The molecule has 3 aromatic rings. The Labute approximate surface area is 237 Å². The summed E-state index contributed by atoms with van der Waals surface area (Å²) >= 11 is 0. The molecular weight excluding hydrogens is 528 g/mol. The van der Waals surface area contributed by atoms with Crippen molar-refractivity contribution in [3.8, 4) is 11.8 Å². The fraction of sp³-hybridized carbons (Fsp3) is 0.200. The van der Waals surface area contributed by atoms with Crippen LogP contribution < -0.4 is 21.8 Å². The maximum atomic E-state index is 12.5. The van der Waals surface area contributed by atoms with E-state index in [4.69, 9.17) is 16.0 Å². The van der Waals surface area contributed by atoms with Crippen molar-refractivity contribution in [3.63, 3.8) is 0 Å². The Balaban J connectivity index is 0.00000588. The summed E-state index contributed by atoms with van der Waals surface area (Å²) in [6.45, 7) is 1.31. The molecule has 11 nitrogen and oxygen atoms in total. The van der Waals surface area contributed by atoms with E-state index in [0.717, 1.165) is 5.56 Å². The number of hydrogen-bond donors (Lipinski definition) is 7. The molecule has 0 heterocycles. The molecule has 8 N–H and O–H groups in total. The molecule has 0 spiro atoms. The lowest BCUT2D eigenvalue weighted by molar-refractivity contribution is -0.133. The molecule has 41 heavy (non-hydrogen) atoms. The molecule has 0 unspecified atom stereocenters. The Morgan fingerprint density at radius 2 is 1.34 bits per heavy atom. The van der Waals surface area contributed by atoms with Gasteiger partial charge in [0.25, 0.3) is 11.8 Å². The first-order chi connectivity index (χ1) is 19.1. The minimum absolute atomic E-state index is 0. The number of carboxylic acid groups (broad SMARTS) is 1. The molecule has 3 atom stereocenters.